The molecule has 0 aliphatic heterocycles. The fraction of sp³-hybridized carbons (Fsp3) is 0.583. The van der Waals surface area contributed by atoms with Crippen molar-refractivity contribution in [3.05, 3.63) is 11.8 Å². The number of carbonyl (C=O) groups excluding carboxylic acids is 1. The smallest absolute Gasteiger partial charge is 0.239 e. The van der Waals surface area contributed by atoms with Crippen molar-refractivity contribution in [3.63, 3.8) is 0 Å². The average molecular weight is 266 g/mol. The summed E-state index contributed by atoms with van der Waals surface area (Å²) < 4.78 is 0. The van der Waals surface area contributed by atoms with Gasteiger partial charge in [0.1, 0.15) is 5.82 Å². The Morgan fingerprint density at radius 1 is 1.47 bits per heavy atom. The Morgan fingerprint density at radius 2 is 2.16 bits per heavy atom. The van der Waals surface area contributed by atoms with E-state index >= 15 is 0 Å². The molecule has 1 aromatic heterocycles. The maximum absolute atomic E-state index is 11.8. The summed E-state index contributed by atoms with van der Waals surface area (Å²) in [6.07, 6.45) is 0. The van der Waals surface area contributed by atoms with E-state index in [1.807, 2.05) is 38.7 Å². The number of hydrogen-bond donors (Lipinski definition) is 3. The Morgan fingerprint density at radius 3 is 2.68 bits per heavy atom. The van der Waals surface area contributed by atoms with E-state index in [4.69, 9.17) is 5.84 Å². The first-order chi connectivity index (χ1) is 8.96. The van der Waals surface area contributed by atoms with E-state index in [-0.39, 0.29) is 18.5 Å². The van der Waals surface area contributed by atoms with Gasteiger partial charge in [-0.2, -0.15) is 4.98 Å². The molecule has 7 heteroatoms. The molecule has 7 nitrogen and oxygen atoms in total. The summed E-state index contributed by atoms with van der Waals surface area (Å²) in [5.74, 6) is 6.32. The van der Waals surface area contributed by atoms with Crippen LogP contribution in [-0.2, 0) is 4.79 Å². The van der Waals surface area contributed by atoms with E-state index in [0.717, 1.165) is 5.69 Å². The van der Waals surface area contributed by atoms with Crippen LogP contribution in [0.3, 0.4) is 0 Å². The number of nitrogens with one attached hydrogen (secondary N) is 2. The summed E-state index contributed by atoms with van der Waals surface area (Å²) in [4.78, 5) is 22.0. The van der Waals surface area contributed by atoms with Crippen LogP contribution in [0.1, 0.15) is 26.5 Å². The molecule has 0 saturated carbocycles. The lowest BCUT2D eigenvalue weighted by atomic mass is 10.3. The largest absolute Gasteiger partial charge is 0.352 e. The van der Waals surface area contributed by atoms with Crippen LogP contribution in [-0.4, -0.2) is 35.0 Å². The summed E-state index contributed by atoms with van der Waals surface area (Å²) in [5, 5.41) is 2.86. The van der Waals surface area contributed by atoms with Gasteiger partial charge in [0, 0.05) is 24.3 Å². The van der Waals surface area contributed by atoms with Gasteiger partial charge in [0.15, 0.2) is 0 Å². The second-order valence-electron chi connectivity index (χ2n) is 4.57. The van der Waals surface area contributed by atoms with E-state index < -0.39 is 0 Å². The minimum atomic E-state index is -0.0321. The van der Waals surface area contributed by atoms with Gasteiger partial charge in [-0.25, -0.2) is 10.8 Å². The van der Waals surface area contributed by atoms with E-state index in [0.29, 0.717) is 18.3 Å². The first-order valence-corrected chi connectivity index (χ1v) is 6.32. The van der Waals surface area contributed by atoms with Crippen molar-refractivity contribution in [2.24, 2.45) is 5.84 Å². The molecule has 1 aromatic rings. The van der Waals surface area contributed by atoms with Crippen molar-refractivity contribution >= 4 is 17.7 Å². The first-order valence-electron chi connectivity index (χ1n) is 6.32. The van der Waals surface area contributed by atoms with Gasteiger partial charge in [0.2, 0.25) is 11.9 Å². The lowest BCUT2D eigenvalue weighted by molar-refractivity contribution is -0.120. The van der Waals surface area contributed by atoms with E-state index in [1.165, 1.54) is 0 Å². The molecule has 1 rings (SSSR count). The fourth-order valence-electron chi connectivity index (χ4n) is 1.67. The quantitative estimate of drug-likeness (QED) is 0.510. The Labute approximate surface area is 113 Å². The molecular formula is C12H22N6O. The van der Waals surface area contributed by atoms with Crippen LogP contribution in [0.2, 0.25) is 0 Å². The van der Waals surface area contributed by atoms with Crippen LogP contribution in [0.4, 0.5) is 11.8 Å². The first kappa shape index (κ1) is 15.2. The predicted octanol–water partition coefficient (Wildman–Crippen LogP) is 0.422. The van der Waals surface area contributed by atoms with E-state index in [2.05, 4.69) is 20.7 Å². The molecule has 0 aliphatic carbocycles. The number of amides is 1. The molecule has 0 fully saturated rings. The number of nitrogens with zero attached hydrogens (tertiary/aromatic N) is 3. The zero-order valence-electron chi connectivity index (χ0n) is 11.9. The van der Waals surface area contributed by atoms with Gasteiger partial charge in [0.05, 0.1) is 6.54 Å². The molecular weight excluding hydrogens is 244 g/mol. The van der Waals surface area contributed by atoms with Crippen LogP contribution in [0, 0.1) is 6.92 Å². The van der Waals surface area contributed by atoms with Crippen molar-refractivity contribution < 1.29 is 4.79 Å². The van der Waals surface area contributed by atoms with Crippen molar-refractivity contribution in [1.29, 1.82) is 0 Å². The molecule has 0 aromatic carbocycles. The third-order valence-corrected chi connectivity index (χ3v) is 2.46. The minimum Gasteiger partial charge on any atom is -0.352 e. The lowest BCUT2D eigenvalue weighted by Gasteiger charge is -2.22. The second kappa shape index (κ2) is 6.89. The highest BCUT2D eigenvalue weighted by Gasteiger charge is 2.13. The molecule has 0 saturated heterocycles. The van der Waals surface area contributed by atoms with Gasteiger partial charge in [-0.3, -0.25) is 10.2 Å². The summed E-state index contributed by atoms with van der Waals surface area (Å²) in [7, 11) is 0. The molecule has 0 bridgehead atoms. The molecule has 106 valence electrons. The highest BCUT2D eigenvalue weighted by Crippen LogP contribution is 2.13. The molecule has 0 aliphatic rings. The maximum Gasteiger partial charge on any atom is 0.239 e. The topological polar surface area (TPSA) is 96.2 Å². The molecule has 19 heavy (non-hydrogen) atoms. The molecule has 0 unspecified atom stereocenters. The average Bonchev–Trinajstić information content (AvgIpc) is 2.34. The summed E-state index contributed by atoms with van der Waals surface area (Å²) in [6.45, 7) is 8.61. The number of likely N-dealkylation sites (N-methyl/N-ethyl adjacent to an activating group) is 1. The molecule has 1 amide bonds. The van der Waals surface area contributed by atoms with E-state index in [1.54, 1.807) is 0 Å². The highest BCUT2D eigenvalue weighted by molar-refractivity contribution is 5.81. The van der Waals surface area contributed by atoms with Gasteiger partial charge in [-0.05, 0) is 27.7 Å². The number of aromatic nitrogens is 2. The van der Waals surface area contributed by atoms with Crippen molar-refractivity contribution in [1.82, 2.24) is 15.3 Å². The SMILES string of the molecule is CCN(CC(=O)NC(C)C)c1cc(C)nc(NN)n1. The Hall–Kier alpha value is -1.89. The third-order valence-electron chi connectivity index (χ3n) is 2.46. The minimum absolute atomic E-state index is 0.0321. The Bertz CT molecular complexity index is 434. The van der Waals surface area contributed by atoms with Crippen molar-refractivity contribution in [2.75, 3.05) is 23.4 Å². The Kier molecular flexibility index (Phi) is 5.50. The molecule has 0 radical (unpaired) electrons. The van der Waals surface area contributed by atoms with Crippen LogP contribution < -0.4 is 21.5 Å². The van der Waals surface area contributed by atoms with Crippen molar-refractivity contribution in [2.45, 2.75) is 33.7 Å². The second-order valence-corrected chi connectivity index (χ2v) is 4.57. The molecule has 0 spiro atoms. The van der Waals surface area contributed by atoms with Crippen LogP contribution in [0.25, 0.3) is 0 Å². The molecule has 4 N–H and O–H groups in total. The van der Waals surface area contributed by atoms with Gasteiger partial charge in [-0.15, -0.1) is 0 Å². The third kappa shape index (κ3) is 4.70. The lowest BCUT2D eigenvalue weighted by Crippen LogP contribution is -2.40. The predicted molar refractivity (Wildman–Crippen MR) is 75.7 cm³/mol. The summed E-state index contributed by atoms with van der Waals surface area (Å²) in [6, 6.07) is 1.95. The van der Waals surface area contributed by atoms with E-state index in [9.17, 15) is 4.79 Å². The maximum atomic E-state index is 11.8. The number of rotatable bonds is 6. The number of nitrogen functional groups attached to an aromatic ring is 1. The molecule has 1 heterocycles. The van der Waals surface area contributed by atoms with Gasteiger partial charge in [0.25, 0.3) is 0 Å². The zero-order valence-corrected chi connectivity index (χ0v) is 11.9. The van der Waals surface area contributed by atoms with Crippen molar-refractivity contribution in [3.8, 4) is 0 Å². The number of carbonyl (C=O) groups is 1. The van der Waals surface area contributed by atoms with Crippen LogP contribution in [0.15, 0.2) is 6.07 Å². The summed E-state index contributed by atoms with van der Waals surface area (Å²) in [5.41, 5.74) is 3.22. The van der Waals surface area contributed by atoms with Crippen LogP contribution in [0.5, 0.6) is 0 Å². The normalized spacial score (nSPS) is 10.4. The summed E-state index contributed by atoms with van der Waals surface area (Å²) >= 11 is 0. The number of aryl methyl sites for hydroxylation is 1. The van der Waals surface area contributed by atoms with Gasteiger partial charge in [-0.1, -0.05) is 0 Å². The van der Waals surface area contributed by atoms with Gasteiger partial charge >= 0.3 is 0 Å². The monoisotopic (exact) mass is 266 g/mol. The fourth-order valence-corrected chi connectivity index (χ4v) is 1.67. The Balaban J connectivity index is 2.84. The highest BCUT2D eigenvalue weighted by atomic mass is 16.2. The zero-order chi connectivity index (χ0) is 14.4. The van der Waals surface area contributed by atoms with Crippen LogP contribution >= 0.6 is 0 Å². The number of anilines is 2. The number of hydrogen-bond acceptors (Lipinski definition) is 6. The molecule has 0 atom stereocenters. The number of nitrogens with two attached hydrogens (primary N) is 1. The number of hydrazine groups is 1. The van der Waals surface area contributed by atoms with Gasteiger partial charge < -0.3 is 10.2 Å². The standard InChI is InChI=1S/C12H22N6O/c1-5-18(7-11(19)14-8(2)3)10-6-9(4)15-12(16-10)17-13/h6,8H,5,7,13H2,1-4H3,(H,14,19)(H,15,16,17).